The van der Waals surface area contributed by atoms with Crippen LogP contribution in [0.5, 0.6) is 0 Å². The monoisotopic (exact) mass is 1940 g/mol. The fourth-order valence-corrected chi connectivity index (χ4v) is 53.8. The lowest BCUT2D eigenvalue weighted by Crippen LogP contribution is -2.46. The van der Waals surface area contributed by atoms with E-state index in [2.05, 4.69) is 258 Å². The Morgan fingerprint density at radius 1 is 0.367 bits per heavy atom. The molecular formula is C147H84SSi2. The average molecular weight is 1940 g/mol. The Kier molecular flexibility index (Phi) is 9.25. The van der Waals surface area contributed by atoms with Gasteiger partial charge in [-0.25, -0.2) is 0 Å². The van der Waals surface area contributed by atoms with E-state index in [1.807, 2.05) is 22.3 Å². The van der Waals surface area contributed by atoms with E-state index in [4.69, 9.17) is 0 Å². The molecule has 150 heavy (non-hydrogen) atoms. The van der Waals surface area contributed by atoms with E-state index in [9.17, 15) is 0 Å². The Balaban J connectivity index is 0.0000000769. The van der Waals surface area contributed by atoms with Crippen molar-refractivity contribution < 1.29 is 0 Å². The topological polar surface area (TPSA) is 0 Å². The molecule has 0 aliphatic heterocycles. The molecule has 2 saturated carbocycles. The van der Waals surface area contributed by atoms with Gasteiger partial charge in [0.1, 0.15) is 0 Å². The van der Waals surface area contributed by atoms with Crippen LogP contribution < -0.4 is 0 Å². The molecule has 13 unspecified atom stereocenters. The zero-order valence-electron chi connectivity index (χ0n) is 84.1. The Morgan fingerprint density at radius 2 is 0.900 bits per heavy atom. The number of thiophene rings is 1. The lowest BCUT2D eigenvalue weighted by atomic mass is 9.51. The molecule has 2 fully saturated rings. The minimum Gasteiger partial charge on any atom is -0.148 e. The van der Waals surface area contributed by atoms with Crippen LogP contribution in [0.15, 0.2) is 187 Å². The molecule has 0 N–H and O–H groups in total. The van der Waals surface area contributed by atoms with Crippen LogP contribution in [-0.4, -0.2) is 16.1 Å². The van der Waals surface area contributed by atoms with Crippen molar-refractivity contribution in [2.45, 2.75) is 185 Å². The van der Waals surface area contributed by atoms with Gasteiger partial charge >= 0.3 is 0 Å². The molecule has 0 saturated heterocycles. The van der Waals surface area contributed by atoms with Crippen LogP contribution in [0.2, 0.25) is 51.4 Å². The normalized spacial score (nSPS) is 29.5. The summed E-state index contributed by atoms with van der Waals surface area (Å²) in [7, 11) is -3.09. The van der Waals surface area contributed by atoms with Gasteiger partial charge in [0.2, 0.25) is 0 Å². The van der Waals surface area contributed by atoms with Gasteiger partial charge < -0.3 is 0 Å². The zero-order valence-corrected chi connectivity index (χ0v) is 86.9. The van der Waals surface area contributed by atoms with Crippen LogP contribution in [0.3, 0.4) is 0 Å². The molecule has 0 nitrogen and oxygen atoms in total. The molecule has 0 amide bonds. The standard InChI is InChI=1S/C50H30S.C49H22.C48H32Si2/c1-2-3-14-48(29-5-4-15-51-29)49-44-27-12-10-25-23-8-6-19-16-21-18-22-17-20-7-9-24-26-11-13-28(27)45(49)37(26)41-35(24)31(20)39-33(22)32(21)38-30(19)34(23)40(36(25)44)46-42(38)43(39)47(41)50(46,48)49;1-48-14-24(22-4-2-3-5-25(22)48)46-23-12-20-10-17-8-18-7-15-6-16-9-19-11-21-13-49(46,48)47-32(21)37-31(19)36-27(16)26(15)34-30(18)35-28(17)29(20)38-33(23)45(47)44-42(37)40(36)39(34)41(35)43(38)44;1-49(2,3)17-47-15-16-48(18-50(4,5)6)26-14-12-24-22-10-8-20-19-7-9-21-23-11-13-25(47)33-31(23)36-29(21)27(19)35-28(20)30(22)37-32(24)34(26)44-42-40(37)38(35)39(36)41(42)43(33)45(47)46(44)48/h4-13,15-17,19,23-24,30,34-35H,2-3,14,18H2,1H3;2-5,7,9-10,12-13,24,46H,6,8,11,14H2,1H3;7-16H,17-18H2,1-6H3/t;24-,46?,48+,49?;/m.0./s1. The summed E-state index contributed by atoms with van der Waals surface area (Å²) >= 11 is 2.10. The minimum absolute atomic E-state index is 0.00667. The highest BCUT2D eigenvalue weighted by atomic mass is 32.1. The lowest BCUT2D eigenvalue weighted by Gasteiger charge is -2.50. The maximum absolute atomic E-state index is 2.94. The van der Waals surface area contributed by atoms with E-state index >= 15 is 0 Å². The Morgan fingerprint density at radius 3 is 1.53 bits per heavy atom. The van der Waals surface area contributed by atoms with E-state index in [1.54, 1.807) is 382 Å². The second kappa shape index (κ2) is 19.4. The van der Waals surface area contributed by atoms with Crippen molar-refractivity contribution in [2.75, 3.05) is 0 Å². The first kappa shape index (κ1) is 71.5. The van der Waals surface area contributed by atoms with E-state index < -0.39 is 16.1 Å². The van der Waals surface area contributed by atoms with Gasteiger partial charge in [-0.05, 0) is 511 Å². The van der Waals surface area contributed by atoms with Crippen molar-refractivity contribution >= 4 is 315 Å². The van der Waals surface area contributed by atoms with Gasteiger partial charge in [0.15, 0.2) is 0 Å². The van der Waals surface area contributed by atoms with Gasteiger partial charge in [0.25, 0.3) is 0 Å². The number of hydrogen-bond donors (Lipinski definition) is 0. The quantitative estimate of drug-likeness (QED) is 0.0808. The molecule has 3 heteroatoms. The maximum Gasteiger partial charge on any atom is 0.0491 e. The first-order chi connectivity index (χ1) is 73.5. The van der Waals surface area contributed by atoms with Crippen molar-refractivity contribution in [3.05, 3.63) is 343 Å². The largest absolute Gasteiger partial charge is 0.148 e. The van der Waals surface area contributed by atoms with E-state index in [0.717, 1.165) is 25.7 Å². The van der Waals surface area contributed by atoms with E-state index in [1.165, 1.54) is 81.0 Å². The summed E-state index contributed by atoms with van der Waals surface area (Å²) in [6.45, 7) is 20.9. The highest BCUT2D eigenvalue weighted by Gasteiger charge is 2.97. The van der Waals surface area contributed by atoms with Crippen LogP contribution in [0.4, 0.5) is 0 Å². The predicted octanol–water partition coefficient (Wildman–Crippen LogP) is 37.4. The summed E-state index contributed by atoms with van der Waals surface area (Å²) in [6.07, 6.45) is 31.4. The summed E-state index contributed by atoms with van der Waals surface area (Å²) in [5, 5.41) is 76.4. The number of unbranched alkanes of at least 4 members (excludes halogenated alkanes) is 1. The fourth-order valence-electron chi connectivity index (χ4n) is 48.5. The molecule has 30 aromatic rings. The van der Waals surface area contributed by atoms with Crippen molar-refractivity contribution in [3.63, 3.8) is 0 Å². The van der Waals surface area contributed by atoms with Gasteiger partial charge in [0, 0.05) is 100 Å². The van der Waals surface area contributed by atoms with Gasteiger partial charge in [-0.15, -0.1) is 11.3 Å². The summed E-state index contributed by atoms with van der Waals surface area (Å²) in [6, 6.07) is 61.6. The highest BCUT2D eigenvalue weighted by molar-refractivity contribution is 7.10. The third kappa shape index (κ3) is 5.56. The number of rotatable bonds is 8. The molecule has 23 aliphatic rings. The van der Waals surface area contributed by atoms with Crippen molar-refractivity contribution in [1.82, 2.24) is 0 Å². The summed E-state index contributed by atoms with van der Waals surface area (Å²) in [5.74, 6) is 4.06. The molecule has 0 radical (unpaired) electrons. The molecule has 1 aromatic heterocycles. The fraction of sp³-hybridized carbons (Fsp3) is 0.224. The smallest absolute Gasteiger partial charge is 0.0491 e. The van der Waals surface area contributed by atoms with Crippen molar-refractivity contribution in [2.24, 2.45) is 17.3 Å². The molecule has 686 valence electrons. The first-order valence-electron chi connectivity index (χ1n) is 57.7. The summed E-state index contributed by atoms with van der Waals surface area (Å²) in [5.41, 5.74) is 59.3. The van der Waals surface area contributed by atoms with Gasteiger partial charge in [-0.3, -0.25) is 0 Å². The molecule has 29 aromatic carbocycles. The molecule has 15 atom stereocenters. The SMILES string of the molecule is CCCCC1(c2cccs2)C23C4=C5c6c7ccc8c6C21c1c-8ccc2c1C1=C3c3c4c4c6c8c(cc9c(c38)C1C2C=C9)CC6=CC1C=CC7C5C41.C[C@@]12C[C@@H](c3ccccc31)C1c3cc4cc5c6c4c4c3c3c7c8c9c%10c(cc%11c%12c%13c(cc(c%14c%13c%13c(c%12%10)c9c3c4c%13c6%14)C5)C%11)CC8=CC712.C[Si](C)(C)CC12C=CC3(C[Si](C)(C)C)c4ccc5c6ccc7c8ccc9c%10ccc1c1c%11c2c3c2c4c5c3c6c7c4c8c9c(c%101)c1c%11c2c3c41. The second-order valence-electron chi connectivity index (χ2n) is 56.7. The van der Waals surface area contributed by atoms with Crippen LogP contribution >= 0.6 is 11.3 Å². The van der Waals surface area contributed by atoms with Crippen LogP contribution in [0.25, 0.3) is 298 Å². The van der Waals surface area contributed by atoms with E-state index in [0.29, 0.717) is 47.3 Å². The Bertz CT molecular complexity index is 12700. The lowest BCUT2D eigenvalue weighted by molar-refractivity contribution is 0.317. The first-order valence-corrected chi connectivity index (χ1v) is 66.0. The van der Waals surface area contributed by atoms with Crippen LogP contribution in [-0.2, 0) is 58.2 Å². The molecule has 1 heterocycles. The van der Waals surface area contributed by atoms with Crippen molar-refractivity contribution in [3.8, 4) is 11.1 Å². The minimum atomic E-state index is -1.55. The summed E-state index contributed by atoms with van der Waals surface area (Å²) in [4.78, 5) is 1.68. The third-order valence-electron chi connectivity index (χ3n) is 50.3. The molecule has 53 rings (SSSR count). The Hall–Kier alpha value is -14.2. The molecular weight excluding hydrogens is 1850 g/mol. The number of allylic oxidation sites excluding steroid dienone is 13. The van der Waals surface area contributed by atoms with Gasteiger partial charge in [-0.1, -0.05) is 248 Å². The molecule has 23 aliphatic carbocycles. The number of hydrogen-bond acceptors (Lipinski definition) is 1. The van der Waals surface area contributed by atoms with Crippen LogP contribution in [0.1, 0.15) is 230 Å². The van der Waals surface area contributed by atoms with Gasteiger partial charge in [-0.2, -0.15) is 0 Å². The Labute approximate surface area is 863 Å². The molecule has 3 spiro atoms. The van der Waals surface area contributed by atoms with Gasteiger partial charge in [0.05, 0.1) is 0 Å². The maximum atomic E-state index is 2.94. The number of benzene rings is 21. The second-order valence-corrected chi connectivity index (χ2v) is 68.6. The summed E-state index contributed by atoms with van der Waals surface area (Å²) < 4.78 is 0. The van der Waals surface area contributed by atoms with E-state index in [-0.39, 0.29) is 37.9 Å². The number of fused-ring (bicyclic) bond motifs is 15. The predicted molar refractivity (Wildman–Crippen MR) is 633 cm³/mol. The zero-order chi connectivity index (χ0) is 94.9. The molecule has 2 bridgehead atoms. The van der Waals surface area contributed by atoms with Crippen molar-refractivity contribution in [1.29, 1.82) is 0 Å². The average Bonchev–Trinajstić information content (AvgIpc) is 1.36. The van der Waals surface area contributed by atoms with Crippen LogP contribution in [0, 0.1) is 17.3 Å². The third-order valence-corrected chi connectivity index (χ3v) is 54.5. The highest BCUT2D eigenvalue weighted by Crippen LogP contribution is 3.02.